The van der Waals surface area contributed by atoms with Crippen molar-refractivity contribution in [1.29, 1.82) is 0 Å². The van der Waals surface area contributed by atoms with Crippen LogP contribution in [-0.4, -0.2) is 97.3 Å². The van der Waals surface area contributed by atoms with E-state index in [1.165, 1.54) is 57.8 Å². The third-order valence-corrected chi connectivity index (χ3v) is 9.01. The van der Waals surface area contributed by atoms with Crippen molar-refractivity contribution in [3.05, 3.63) is 0 Å². The van der Waals surface area contributed by atoms with Crippen molar-refractivity contribution in [2.24, 2.45) is 0 Å². The van der Waals surface area contributed by atoms with Crippen LogP contribution in [0, 0.1) is 0 Å². The van der Waals surface area contributed by atoms with Gasteiger partial charge in [-0.15, -0.1) is 5.06 Å². The van der Waals surface area contributed by atoms with Crippen molar-refractivity contribution in [2.75, 3.05) is 47.1 Å². The monoisotopic (exact) mass is 691 g/mol. The van der Waals surface area contributed by atoms with Crippen LogP contribution in [0.1, 0.15) is 129 Å². The maximum absolute atomic E-state index is 12.5. The van der Waals surface area contributed by atoms with E-state index in [4.69, 9.17) is 18.8 Å². The predicted molar refractivity (Wildman–Crippen MR) is 176 cm³/mol. The van der Waals surface area contributed by atoms with Gasteiger partial charge < -0.3 is 28.2 Å². The van der Waals surface area contributed by atoms with Crippen LogP contribution >= 0.6 is 7.60 Å². The highest BCUT2D eigenvalue weighted by molar-refractivity contribution is 7.52. The molecule has 1 rings (SSSR count). The lowest BCUT2D eigenvalue weighted by molar-refractivity contribution is -0.867. The number of esters is 2. The van der Waals surface area contributed by atoms with Crippen molar-refractivity contribution < 1.29 is 56.7 Å². The summed E-state index contributed by atoms with van der Waals surface area (Å²) in [7, 11) is 1.61. The van der Waals surface area contributed by atoms with Crippen molar-refractivity contribution in [3.63, 3.8) is 0 Å². The molecule has 47 heavy (non-hydrogen) atoms. The molecule has 1 aliphatic heterocycles. The van der Waals surface area contributed by atoms with Crippen molar-refractivity contribution >= 4 is 37.3 Å². The Bertz CT molecular complexity index is 999. The van der Waals surface area contributed by atoms with Gasteiger partial charge in [-0.2, -0.15) is 0 Å². The predicted octanol–water partition coefficient (Wildman–Crippen LogP) is 5.61. The van der Waals surface area contributed by atoms with E-state index in [1.807, 2.05) is 21.1 Å². The van der Waals surface area contributed by atoms with Crippen molar-refractivity contribution in [3.8, 4) is 0 Å². The van der Waals surface area contributed by atoms with Crippen LogP contribution in [0.2, 0.25) is 0 Å². The Kier molecular flexibility index (Phi) is 21.7. The van der Waals surface area contributed by atoms with Crippen LogP contribution in [0.5, 0.6) is 0 Å². The number of nitrogens with zero attached hydrogens (tertiary/aromatic N) is 2. The second-order valence-electron chi connectivity index (χ2n) is 13.4. The standard InChI is InChI=1S/C33H59N2O11P/c1-5-6-7-8-9-10-11-12-13-14-15-16-17-19-31(38)43-26-28(27-44-47(41,42)25-24-35(2,3)4)45-32(39)20-18-21-33(40)46-34-29(36)22-23-30(34)37/h28H,5-27H2,1-4H3/p+1. The maximum atomic E-state index is 12.5. The number of hydrogen-bond acceptors (Lipinski definition) is 10. The largest absolute Gasteiger partial charge is 0.462 e. The second-order valence-corrected chi connectivity index (χ2v) is 15.3. The number of carbonyl (C=O) groups excluding carboxylic acids is 5. The smallest absolute Gasteiger partial charge is 0.333 e. The van der Waals surface area contributed by atoms with Crippen LogP contribution in [-0.2, 0) is 47.4 Å². The number of amides is 2. The van der Waals surface area contributed by atoms with E-state index in [9.17, 15) is 33.4 Å². The number of carbonyl (C=O) groups is 5. The molecule has 0 saturated carbocycles. The average Bonchev–Trinajstić information content (AvgIpc) is 3.31. The number of quaternary nitrogens is 1. The third kappa shape index (κ3) is 22.8. The summed E-state index contributed by atoms with van der Waals surface area (Å²) < 4.78 is 28.9. The van der Waals surface area contributed by atoms with Gasteiger partial charge >= 0.3 is 25.5 Å². The zero-order valence-corrected chi connectivity index (χ0v) is 30.1. The molecule has 14 heteroatoms. The van der Waals surface area contributed by atoms with Gasteiger partial charge in [0.2, 0.25) is 0 Å². The molecule has 0 radical (unpaired) electrons. The zero-order chi connectivity index (χ0) is 35.1. The molecule has 0 aromatic heterocycles. The summed E-state index contributed by atoms with van der Waals surface area (Å²) in [6, 6.07) is 0. The third-order valence-electron chi connectivity index (χ3n) is 7.69. The quantitative estimate of drug-likeness (QED) is 0.0357. The average molecular weight is 692 g/mol. The fourth-order valence-corrected chi connectivity index (χ4v) is 6.16. The Hall–Kier alpha value is -2.34. The first-order valence-electron chi connectivity index (χ1n) is 17.4. The van der Waals surface area contributed by atoms with Gasteiger partial charge in [0.25, 0.3) is 11.8 Å². The second kappa shape index (κ2) is 23.9. The minimum Gasteiger partial charge on any atom is -0.462 e. The number of imide groups is 1. The van der Waals surface area contributed by atoms with Gasteiger partial charge in [-0.3, -0.25) is 23.7 Å². The molecule has 1 saturated heterocycles. The lowest BCUT2D eigenvalue weighted by atomic mass is 10.0. The molecule has 1 N–H and O–H groups in total. The molecule has 0 aromatic carbocycles. The molecule has 2 amide bonds. The van der Waals surface area contributed by atoms with E-state index < -0.39 is 50.0 Å². The Morgan fingerprint density at radius 2 is 1.23 bits per heavy atom. The summed E-state index contributed by atoms with van der Waals surface area (Å²) in [5.74, 6) is -3.25. The molecule has 1 heterocycles. The van der Waals surface area contributed by atoms with E-state index in [-0.39, 0.29) is 51.3 Å². The Labute approximate surface area is 281 Å². The van der Waals surface area contributed by atoms with Gasteiger partial charge in [0, 0.05) is 32.1 Å². The summed E-state index contributed by atoms with van der Waals surface area (Å²) in [5, 5.41) is 0.437. The minimum atomic E-state index is -4.01. The number of hydroxylamine groups is 2. The molecule has 2 atom stereocenters. The van der Waals surface area contributed by atoms with Gasteiger partial charge in [-0.25, -0.2) is 4.79 Å². The molecule has 13 nitrogen and oxygen atoms in total. The molecular formula is C33H60N2O11P+. The minimum absolute atomic E-state index is 0.00227. The fourth-order valence-electron chi connectivity index (χ4n) is 4.78. The van der Waals surface area contributed by atoms with E-state index in [0.717, 1.165) is 19.3 Å². The van der Waals surface area contributed by atoms with E-state index in [0.29, 0.717) is 22.5 Å². The number of hydrogen-bond donors (Lipinski definition) is 1. The number of unbranched alkanes of at least 4 members (excludes halogenated alkanes) is 12. The first-order chi connectivity index (χ1) is 22.2. The van der Waals surface area contributed by atoms with Crippen LogP contribution in [0.15, 0.2) is 0 Å². The van der Waals surface area contributed by atoms with Crippen LogP contribution < -0.4 is 0 Å². The van der Waals surface area contributed by atoms with Gasteiger partial charge in [-0.1, -0.05) is 84.0 Å². The first kappa shape index (κ1) is 42.7. The van der Waals surface area contributed by atoms with Crippen molar-refractivity contribution in [2.45, 2.75) is 135 Å². The summed E-state index contributed by atoms with van der Waals surface area (Å²) in [6.07, 6.45) is 13.9. The Morgan fingerprint density at radius 3 is 1.77 bits per heavy atom. The van der Waals surface area contributed by atoms with E-state index >= 15 is 0 Å². The van der Waals surface area contributed by atoms with Gasteiger partial charge in [-0.05, 0) is 12.8 Å². The molecule has 1 fully saturated rings. The highest BCUT2D eigenvalue weighted by atomic mass is 31.2. The summed E-state index contributed by atoms with van der Waals surface area (Å²) in [6.45, 7) is 1.80. The van der Waals surface area contributed by atoms with Gasteiger partial charge in [0.1, 0.15) is 6.61 Å². The van der Waals surface area contributed by atoms with Crippen LogP contribution in [0.4, 0.5) is 0 Å². The summed E-state index contributed by atoms with van der Waals surface area (Å²) in [5.41, 5.74) is 0. The first-order valence-corrected chi connectivity index (χ1v) is 19.2. The van der Waals surface area contributed by atoms with Crippen molar-refractivity contribution in [1.82, 2.24) is 5.06 Å². The van der Waals surface area contributed by atoms with E-state index in [1.54, 1.807) is 0 Å². The maximum Gasteiger partial charge on any atom is 0.333 e. The molecule has 0 bridgehead atoms. The van der Waals surface area contributed by atoms with Crippen LogP contribution in [0.3, 0.4) is 0 Å². The summed E-state index contributed by atoms with van der Waals surface area (Å²) >= 11 is 0. The zero-order valence-electron chi connectivity index (χ0n) is 29.2. The molecule has 2 unspecified atom stereocenters. The topological polar surface area (TPSA) is 163 Å². The Morgan fingerprint density at radius 1 is 0.745 bits per heavy atom. The molecular weight excluding hydrogens is 631 g/mol. The normalized spacial score (nSPS) is 15.4. The lowest BCUT2D eigenvalue weighted by Crippen LogP contribution is -2.37. The molecule has 0 aliphatic carbocycles. The number of rotatable bonds is 28. The highest BCUT2D eigenvalue weighted by Gasteiger charge is 2.33. The molecule has 272 valence electrons. The molecule has 0 spiro atoms. The van der Waals surface area contributed by atoms with Gasteiger partial charge in [0.05, 0.1) is 40.5 Å². The Balaban J connectivity index is 2.41. The SMILES string of the molecule is CCCCCCCCCCCCCCCC(=O)OCC(COP(=O)(O)CC[N+](C)(C)C)OC(=O)CCCC(=O)ON1C(=O)CCC1=O. The van der Waals surface area contributed by atoms with Crippen LogP contribution in [0.25, 0.3) is 0 Å². The number of ether oxygens (including phenoxy) is 2. The fraction of sp³-hybridized carbons (Fsp3) is 0.848. The highest BCUT2D eigenvalue weighted by Crippen LogP contribution is 2.42. The molecule has 1 aliphatic rings. The molecule has 0 aromatic rings. The van der Waals surface area contributed by atoms with Gasteiger partial charge in [0.15, 0.2) is 6.10 Å². The lowest BCUT2D eigenvalue weighted by Gasteiger charge is -2.25. The van der Waals surface area contributed by atoms with E-state index in [2.05, 4.69) is 6.92 Å². The summed E-state index contributed by atoms with van der Waals surface area (Å²) in [4.78, 5) is 75.1.